The third-order valence-corrected chi connectivity index (χ3v) is 5.98. The summed E-state index contributed by atoms with van der Waals surface area (Å²) in [7, 11) is 1.66. The second-order valence-electron chi connectivity index (χ2n) is 6.76. The molecule has 0 fully saturated rings. The molecule has 3 rings (SSSR count). The SMILES string of the molecule is CC(Oc1ccc(F)cc1Cl)c1nnc(SCC(=O)Nc2cc(C(F)(F)F)ccc2Cl)n1C. The number of amides is 1. The first-order valence-electron chi connectivity index (χ1n) is 9.26. The van der Waals surface area contributed by atoms with Crippen LogP contribution in [0, 0.1) is 5.82 Å². The molecular weight excluding hydrogens is 507 g/mol. The van der Waals surface area contributed by atoms with Gasteiger partial charge < -0.3 is 14.6 Å². The molecule has 0 aliphatic rings. The zero-order valence-corrected chi connectivity index (χ0v) is 19.4. The van der Waals surface area contributed by atoms with Crippen LogP contribution in [-0.2, 0) is 18.0 Å². The summed E-state index contributed by atoms with van der Waals surface area (Å²) in [5, 5.41) is 10.9. The van der Waals surface area contributed by atoms with E-state index in [4.69, 9.17) is 27.9 Å². The number of hydrogen-bond donors (Lipinski definition) is 1. The maximum Gasteiger partial charge on any atom is 0.416 e. The Morgan fingerprint density at radius 2 is 1.91 bits per heavy atom. The van der Waals surface area contributed by atoms with Gasteiger partial charge in [-0.15, -0.1) is 10.2 Å². The molecule has 0 radical (unpaired) electrons. The fourth-order valence-electron chi connectivity index (χ4n) is 2.73. The topological polar surface area (TPSA) is 69.0 Å². The molecular formula is C20H16Cl2F4N4O2S. The lowest BCUT2D eigenvalue weighted by Gasteiger charge is -2.15. The van der Waals surface area contributed by atoms with Crippen molar-refractivity contribution < 1.29 is 27.1 Å². The molecule has 6 nitrogen and oxygen atoms in total. The Bertz CT molecular complexity index is 1170. The summed E-state index contributed by atoms with van der Waals surface area (Å²) >= 11 is 12.9. The number of anilines is 1. The van der Waals surface area contributed by atoms with Crippen molar-refractivity contribution in [1.82, 2.24) is 14.8 Å². The molecule has 0 saturated carbocycles. The number of thioether (sulfide) groups is 1. The maximum atomic E-state index is 13.2. The number of ether oxygens (including phenoxy) is 1. The number of nitrogens with one attached hydrogen (secondary N) is 1. The molecule has 2 aromatic carbocycles. The average molecular weight is 523 g/mol. The summed E-state index contributed by atoms with van der Waals surface area (Å²) in [6.45, 7) is 1.69. The normalized spacial score (nSPS) is 12.5. The largest absolute Gasteiger partial charge is 0.481 e. The van der Waals surface area contributed by atoms with Crippen LogP contribution in [0.25, 0.3) is 0 Å². The number of halogens is 6. The van der Waals surface area contributed by atoms with Crippen LogP contribution in [0.1, 0.15) is 24.4 Å². The van der Waals surface area contributed by atoms with Crippen LogP contribution in [0.5, 0.6) is 5.75 Å². The van der Waals surface area contributed by atoms with Gasteiger partial charge in [0.15, 0.2) is 17.1 Å². The van der Waals surface area contributed by atoms with E-state index in [-0.39, 0.29) is 27.2 Å². The minimum Gasteiger partial charge on any atom is -0.481 e. The molecule has 1 amide bonds. The van der Waals surface area contributed by atoms with E-state index in [1.807, 2.05) is 0 Å². The van der Waals surface area contributed by atoms with E-state index >= 15 is 0 Å². The van der Waals surface area contributed by atoms with Gasteiger partial charge in [-0.2, -0.15) is 13.2 Å². The highest BCUT2D eigenvalue weighted by Crippen LogP contribution is 2.34. The zero-order chi connectivity index (χ0) is 24.3. The monoisotopic (exact) mass is 522 g/mol. The first kappa shape index (κ1) is 25.1. The van der Waals surface area contributed by atoms with Crippen LogP contribution in [-0.4, -0.2) is 26.4 Å². The number of hydrogen-bond acceptors (Lipinski definition) is 5. The Morgan fingerprint density at radius 3 is 2.58 bits per heavy atom. The van der Waals surface area contributed by atoms with Gasteiger partial charge >= 0.3 is 6.18 Å². The number of carbonyl (C=O) groups excluding carboxylic acids is 1. The molecule has 1 atom stereocenters. The Morgan fingerprint density at radius 1 is 1.18 bits per heavy atom. The van der Waals surface area contributed by atoms with Crippen molar-refractivity contribution in [1.29, 1.82) is 0 Å². The predicted molar refractivity (Wildman–Crippen MR) is 117 cm³/mol. The van der Waals surface area contributed by atoms with E-state index in [2.05, 4.69) is 15.5 Å². The number of carbonyl (C=O) groups is 1. The second kappa shape index (κ2) is 10.2. The Labute approximate surface area is 200 Å². The minimum atomic E-state index is -4.56. The van der Waals surface area contributed by atoms with Crippen molar-refractivity contribution in [3.63, 3.8) is 0 Å². The fraction of sp³-hybridized carbons (Fsp3) is 0.250. The molecule has 33 heavy (non-hydrogen) atoms. The van der Waals surface area contributed by atoms with E-state index in [1.165, 1.54) is 12.1 Å². The van der Waals surface area contributed by atoms with E-state index < -0.39 is 29.6 Å². The summed E-state index contributed by atoms with van der Waals surface area (Å²) in [4.78, 5) is 12.3. The minimum absolute atomic E-state index is 0.0206. The van der Waals surface area contributed by atoms with Gasteiger partial charge in [-0.1, -0.05) is 35.0 Å². The van der Waals surface area contributed by atoms with Crippen molar-refractivity contribution in [2.24, 2.45) is 7.05 Å². The van der Waals surface area contributed by atoms with E-state index in [9.17, 15) is 22.4 Å². The van der Waals surface area contributed by atoms with Gasteiger partial charge in [0, 0.05) is 7.05 Å². The van der Waals surface area contributed by atoms with Crippen molar-refractivity contribution in [2.45, 2.75) is 24.4 Å². The van der Waals surface area contributed by atoms with Crippen molar-refractivity contribution >= 4 is 46.6 Å². The van der Waals surface area contributed by atoms with Gasteiger partial charge in [0.1, 0.15) is 11.6 Å². The maximum absolute atomic E-state index is 13.2. The Hall–Kier alpha value is -2.50. The summed E-state index contributed by atoms with van der Waals surface area (Å²) in [6, 6.07) is 6.39. The van der Waals surface area contributed by atoms with Crippen molar-refractivity contribution in [2.75, 3.05) is 11.1 Å². The lowest BCUT2D eigenvalue weighted by atomic mass is 10.2. The third-order valence-electron chi connectivity index (χ3n) is 4.33. The summed E-state index contributed by atoms with van der Waals surface area (Å²) < 4.78 is 59.2. The highest BCUT2D eigenvalue weighted by Gasteiger charge is 2.31. The van der Waals surface area contributed by atoms with E-state index in [0.717, 1.165) is 36.0 Å². The molecule has 0 bridgehead atoms. The molecule has 13 heteroatoms. The average Bonchev–Trinajstić information content (AvgIpc) is 3.10. The van der Waals surface area contributed by atoms with E-state index in [1.54, 1.807) is 18.5 Å². The quantitative estimate of drug-likeness (QED) is 0.297. The number of aromatic nitrogens is 3. The number of benzene rings is 2. The lowest BCUT2D eigenvalue weighted by molar-refractivity contribution is -0.137. The van der Waals surface area contributed by atoms with Crippen LogP contribution >= 0.6 is 35.0 Å². The highest BCUT2D eigenvalue weighted by atomic mass is 35.5. The summed E-state index contributed by atoms with van der Waals surface area (Å²) in [5.74, 6) is -0.549. The third kappa shape index (κ3) is 6.30. The zero-order valence-electron chi connectivity index (χ0n) is 17.1. The molecule has 0 aliphatic carbocycles. The van der Waals surface area contributed by atoms with E-state index in [0.29, 0.717) is 11.0 Å². The summed E-state index contributed by atoms with van der Waals surface area (Å²) in [5.41, 5.74) is -1.07. The summed E-state index contributed by atoms with van der Waals surface area (Å²) in [6.07, 6.45) is -5.16. The van der Waals surface area contributed by atoms with Crippen molar-refractivity contribution in [3.05, 3.63) is 63.6 Å². The van der Waals surface area contributed by atoms with Gasteiger partial charge in [0.25, 0.3) is 0 Å². The fourth-order valence-corrected chi connectivity index (χ4v) is 3.83. The first-order chi connectivity index (χ1) is 15.5. The molecule has 0 saturated heterocycles. The van der Waals surface area contributed by atoms with Crippen LogP contribution in [0.15, 0.2) is 41.6 Å². The lowest BCUT2D eigenvalue weighted by Crippen LogP contribution is -2.16. The van der Waals surface area contributed by atoms with Gasteiger partial charge in [-0.3, -0.25) is 4.79 Å². The second-order valence-corrected chi connectivity index (χ2v) is 8.52. The molecule has 1 N–H and O–H groups in total. The molecule has 0 aliphatic heterocycles. The number of alkyl halides is 3. The van der Waals surface area contributed by atoms with Crippen LogP contribution < -0.4 is 10.1 Å². The number of nitrogens with zero attached hydrogens (tertiary/aromatic N) is 3. The Balaban J connectivity index is 1.63. The molecule has 176 valence electrons. The number of rotatable bonds is 7. The smallest absolute Gasteiger partial charge is 0.416 e. The highest BCUT2D eigenvalue weighted by molar-refractivity contribution is 7.99. The molecule has 1 unspecified atom stereocenters. The van der Waals surface area contributed by atoms with Crippen LogP contribution in [0.4, 0.5) is 23.2 Å². The van der Waals surface area contributed by atoms with Crippen molar-refractivity contribution in [3.8, 4) is 5.75 Å². The molecule has 0 spiro atoms. The van der Waals surface area contributed by atoms with Crippen LogP contribution in [0.3, 0.4) is 0 Å². The van der Waals surface area contributed by atoms with Crippen LogP contribution in [0.2, 0.25) is 10.0 Å². The van der Waals surface area contributed by atoms with Gasteiger partial charge in [0.05, 0.1) is 27.0 Å². The predicted octanol–water partition coefficient (Wildman–Crippen LogP) is 6.15. The Kier molecular flexibility index (Phi) is 7.76. The van der Waals surface area contributed by atoms with Gasteiger partial charge in [-0.05, 0) is 43.3 Å². The standard InChI is InChI=1S/C20H16Cl2F4N4O2S/c1-10(32-16-6-4-12(23)8-14(16)22)18-28-29-19(30(18)2)33-9-17(31)27-15-7-11(20(24,25)26)3-5-13(15)21/h3-8,10H,9H2,1-2H3,(H,27,31). The van der Waals surface area contributed by atoms with Gasteiger partial charge in [0.2, 0.25) is 5.91 Å². The molecule has 1 heterocycles. The molecule has 1 aromatic heterocycles. The van der Waals surface area contributed by atoms with Gasteiger partial charge in [-0.25, -0.2) is 4.39 Å². The first-order valence-corrected chi connectivity index (χ1v) is 11.0. The molecule has 3 aromatic rings.